The van der Waals surface area contributed by atoms with Crippen LogP contribution in [0.5, 0.6) is 5.75 Å². The van der Waals surface area contributed by atoms with Crippen molar-refractivity contribution in [3.8, 4) is 17.1 Å². The summed E-state index contributed by atoms with van der Waals surface area (Å²) in [7, 11) is 3.44. The van der Waals surface area contributed by atoms with Crippen LogP contribution in [-0.2, 0) is 6.42 Å². The number of aryl methyl sites for hydroxylation is 1. The van der Waals surface area contributed by atoms with E-state index < -0.39 is 0 Å². The van der Waals surface area contributed by atoms with Crippen LogP contribution in [0, 0.1) is 0 Å². The van der Waals surface area contributed by atoms with Gasteiger partial charge in [-0.3, -0.25) is 0 Å². The lowest BCUT2D eigenvalue weighted by molar-refractivity contribution is 0.416. The minimum Gasteiger partial charge on any atom is -0.496 e. The fourth-order valence-electron chi connectivity index (χ4n) is 1.69. The van der Waals surface area contributed by atoms with Crippen LogP contribution in [0.4, 0.5) is 5.82 Å². The van der Waals surface area contributed by atoms with Crippen LogP contribution in [0.15, 0.2) is 24.4 Å². The number of nitrogens with one attached hydrogen (secondary N) is 1. The molecule has 0 amide bonds. The Morgan fingerprint density at radius 3 is 2.83 bits per heavy atom. The molecule has 0 unspecified atom stereocenters. The Kier molecular flexibility index (Phi) is 3.72. The molecule has 1 heterocycles. The molecule has 5 nitrogen and oxygen atoms in total. The predicted molar refractivity (Wildman–Crippen MR) is 70.7 cm³/mol. The highest BCUT2D eigenvalue weighted by atomic mass is 16.5. The summed E-state index contributed by atoms with van der Waals surface area (Å²) in [6.45, 7) is 2.11. The summed E-state index contributed by atoms with van der Waals surface area (Å²) in [5.41, 5.74) is 2.07. The van der Waals surface area contributed by atoms with Crippen LogP contribution in [0.2, 0.25) is 0 Å². The Labute approximate surface area is 106 Å². The molecule has 0 bridgehead atoms. The van der Waals surface area contributed by atoms with Crippen molar-refractivity contribution in [3.05, 3.63) is 30.0 Å². The third-order valence-corrected chi connectivity index (χ3v) is 2.73. The van der Waals surface area contributed by atoms with Gasteiger partial charge in [-0.1, -0.05) is 13.0 Å². The molecule has 18 heavy (non-hydrogen) atoms. The molecule has 2 aromatic rings. The molecule has 0 saturated heterocycles. The minimum absolute atomic E-state index is 0.564. The second kappa shape index (κ2) is 5.44. The van der Waals surface area contributed by atoms with E-state index in [2.05, 4.69) is 27.4 Å². The highest BCUT2D eigenvalue weighted by molar-refractivity contribution is 5.65. The summed E-state index contributed by atoms with van der Waals surface area (Å²) in [5, 5.41) is 10.9. The van der Waals surface area contributed by atoms with Gasteiger partial charge in [-0.2, -0.15) is 5.10 Å². The number of hydrogen-bond donors (Lipinski definition) is 1. The van der Waals surface area contributed by atoms with Gasteiger partial charge in [0.05, 0.1) is 18.9 Å². The van der Waals surface area contributed by atoms with Gasteiger partial charge in [0, 0.05) is 7.05 Å². The van der Waals surface area contributed by atoms with Crippen LogP contribution in [0.25, 0.3) is 11.4 Å². The molecule has 5 heteroatoms. The second-order valence-corrected chi connectivity index (χ2v) is 3.80. The smallest absolute Gasteiger partial charge is 0.187 e. The molecule has 94 valence electrons. The number of hydrogen-bond acceptors (Lipinski definition) is 5. The molecule has 0 atom stereocenters. The highest BCUT2D eigenvalue weighted by Gasteiger charge is 2.10. The SMILES string of the molecule is CCc1ccc(OC)c(-c2nncc(NC)n2)c1. The molecule has 0 radical (unpaired) electrons. The molecule has 0 fully saturated rings. The molecular weight excluding hydrogens is 228 g/mol. The van der Waals surface area contributed by atoms with Crippen LogP contribution in [-0.4, -0.2) is 29.3 Å². The van der Waals surface area contributed by atoms with E-state index in [1.54, 1.807) is 20.4 Å². The predicted octanol–water partition coefficient (Wildman–Crippen LogP) is 2.15. The van der Waals surface area contributed by atoms with Gasteiger partial charge < -0.3 is 10.1 Å². The van der Waals surface area contributed by atoms with Gasteiger partial charge in [-0.05, 0) is 24.1 Å². The number of nitrogens with zero attached hydrogens (tertiary/aromatic N) is 3. The average molecular weight is 244 g/mol. The van der Waals surface area contributed by atoms with Crippen LogP contribution >= 0.6 is 0 Å². The van der Waals surface area contributed by atoms with E-state index in [9.17, 15) is 0 Å². The number of benzene rings is 1. The lowest BCUT2D eigenvalue weighted by Crippen LogP contribution is -2.00. The maximum atomic E-state index is 5.34. The van der Waals surface area contributed by atoms with Crippen molar-refractivity contribution in [2.45, 2.75) is 13.3 Å². The van der Waals surface area contributed by atoms with E-state index in [0.717, 1.165) is 17.7 Å². The minimum atomic E-state index is 0.564. The van der Waals surface area contributed by atoms with E-state index >= 15 is 0 Å². The number of ether oxygens (including phenoxy) is 1. The summed E-state index contributed by atoms with van der Waals surface area (Å²) < 4.78 is 5.34. The van der Waals surface area contributed by atoms with E-state index in [0.29, 0.717) is 11.6 Å². The molecule has 0 aliphatic carbocycles. The van der Waals surface area contributed by atoms with Gasteiger partial charge in [0.25, 0.3) is 0 Å². The van der Waals surface area contributed by atoms with E-state index in [1.165, 1.54) is 5.56 Å². The third-order valence-electron chi connectivity index (χ3n) is 2.73. The quantitative estimate of drug-likeness (QED) is 0.893. The summed E-state index contributed by atoms with van der Waals surface area (Å²) in [5.74, 6) is 2.00. The molecule has 1 N–H and O–H groups in total. The van der Waals surface area contributed by atoms with Crippen molar-refractivity contribution < 1.29 is 4.74 Å². The standard InChI is InChI=1S/C13H16N4O/c1-4-9-5-6-11(18-3)10(7-9)13-16-12(14-2)8-15-17-13/h5-8H,4H2,1-3H3,(H,14,16,17). The maximum Gasteiger partial charge on any atom is 0.187 e. The lowest BCUT2D eigenvalue weighted by atomic mass is 10.1. The Hall–Kier alpha value is -2.17. The average Bonchev–Trinajstić information content (AvgIpc) is 2.46. The van der Waals surface area contributed by atoms with Gasteiger partial charge in [0.1, 0.15) is 11.6 Å². The Bertz CT molecular complexity index is 542. The first kappa shape index (κ1) is 12.3. The summed E-state index contributed by atoms with van der Waals surface area (Å²) >= 11 is 0. The summed E-state index contributed by atoms with van der Waals surface area (Å²) in [6.07, 6.45) is 2.54. The normalized spacial score (nSPS) is 10.2. The zero-order valence-corrected chi connectivity index (χ0v) is 10.8. The molecule has 0 aliphatic heterocycles. The number of rotatable bonds is 4. The van der Waals surface area contributed by atoms with Crippen LogP contribution in [0.1, 0.15) is 12.5 Å². The Morgan fingerprint density at radius 2 is 2.17 bits per heavy atom. The first-order valence-electron chi connectivity index (χ1n) is 5.83. The van der Waals surface area contributed by atoms with Gasteiger partial charge >= 0.3 is 0 Å². The maximum absolute atomic E-state index is 5.34. The van der Waals surface area contributed by atoms with Crippen molar-refractivity contribution in [2.75, 3.05) is 19.5 Å². The molecule has 1 aromatic heterocycles. The highest BCUT2D eigenvalue weighted by Crippen LogP contribution is 2.28. The summed E-state index contributed by atoms with van der Waals surface area (Å²) in [6, 6.07) is 6.01. The van der Waals surface area contributed by atoms with Crippen molar-refractivity contribution in [1.29, 1.82) is 0 Å². The van der Waals surface area contributed by atoms with Gasteiger partial charge in [-0.25, -0.2) is 4.98 Å². The van der Waals surface area contributed by atoms with Crippen molar-refractivity contribution in [3.63, 3.8) is 0 Å². The van der Waals surface area contributed by atoms with Crippen molar-refractivity contribution >= 4 is 5.82 Å². The van der Waals surface area contributed by atoms with E-state index in [-0.39, 0.29) is 0 Å². The van der Waals surface area contributed by atoms with E-state index in [1.807, 2.05) is 18.2 Å². The number of aromatic nitrogens is 3. The number of methoxy groups -OCH3 is 1. The van der Waals surface area contributed by atoms with Gasteiger partial charge in [-0.15, -0.1) is 5.10 Å². The zero-order chi connectivity index (χ0) is 13.0. The fraction of sp³-hybridized carbons (Fsp3) is 0.308. The fourth-order valence-corrected chi connectivity index (χ4v) is 1.69. The second-order valence-electron chi connectivity index (χ2n) is 3.80. The van der Waals surface area contributed by atoms with Gasteiger partial charge in [0.15, 0.2) is 5.82 Å². The summed E-state index contributed by atoms with van der Waals surface area (Å²) in [4.78, 5) is 4.38. The van der Waals surface area contributed by atoms with E-state index in [4.69, 9.17) is 4.74 Å². The van der Waals surface area contributed by atoms with Crippen molar-refractivity contribution in [1.82, 2.24) is 15.2 Å². The molecule has 0 aliphatic rings. The third kappa shape index (κ3) is 2.40. The largest absolute Gasteiger partial charge is 0.496 e. The topological polar surface area (TPSA) is 59.9 Å². The lowest BCUT2D eigenvalue weighted by Gasteiger charge is -2.09. The van der Waals surface area contributed by atoms with Crippen LogP contribution in [0.3, 0.4) is 0 Å². The Morgan fingerprint density at radius 1 is 1.33 bits per heavy atom. The first-order valence-corrected chi connectivity index (χ1v) is 5.83. The molecular formula is C13H16N4O. The molecule has 0 saturated carbocycles. The molecule has 2 rings (SSSR count). The van der Waals surface area contributed by atoms with Gasteiger partial charge in [0.2, 0.25) is 0 Å². The molecule has 1 aromatic carbocycles. The molecule has 0 spiro atoms. The monoisotopic (exact) mass is 244 g/mol. The van der Waals surface area contributed by atoms with Crippen molar-refractivity contribution in [2.24, 2.45) is 0 Å². The zero-order valence-electron chi connectivity index (χ0n) is 10.8. The van der Waals surface area contributed by atoms with Crippen LogP contribution < -0.4 is 10.1 Å². The Balaban J connectivity index is 2.53. The number of anilines is 1. The first-order chi connectivity index (χ1) is 8.78.